The van der Waals surface area contributed by atoms with Gasteiger partial charge in [0.2, 0.25) is 0 Å². The average Bonchev–Trinajstić information content (AvgIpc) is 3.88. The Morgan fingerprint density at radius 1 is 0.348 bits per heavy atom. The van der Waals surface area contributed by atoms with Crippen LogP contribution in [0.4, 0.5) is 0 Å². The summed E-state index contributed by atoms with van der Waals surface area (Å²) in [4.78, 5) is 18.3. The van der Waals surface area contributed by atoms with E-state index in [1.54, 1.807) is 22.7 Å². The van der Waals surface area contributed by atoms with Gasteiger partial charge < -0.3 is 0 Å². The smallest absolute Gasteiger partial charge is 0.141 e. The lowest BCUT2D eigenvalue weighted by molar-refractivity contribution is 1.29. The molecule has 0 saturated heterocycles. The van der Waals surface area contributed by atoms with Crippen LogP contribution in [0.25, 0.3) is 87.1 Å². The number of hydrogen-bond donors (Lipinski definition) is 0. The molecule has 9 aromatic rings. The van der Waals surface area contributed by atoms with E-state index in [2.05, 4.69) is 119 Å². The highest BCUT2D eigenvalue weighted by Crippen LogP contribution is 2.40. The van der Waals surface area contributed by atoms with Gasteiger partial charge in [-0.05, 0) is 84.9 Å². The number of nitrogens with zero attached hydrogens (tertiary/aromatic N) is 4. The molecule has 5 aromatic carbocycles. The van der Waals surface area contributed by atoms with Crippen LogP contribution in [0.2, 0.25) is 0 Å². The van der Waals surface area contributed by atoms with Crippen molar-refractivity contribution >= 4 is 55.0 Å². The number of fused-ring (bicyclic) bond motifs is 6. The van der Waals surface area contributed by atoms with Crippen LogP contribution >= 0.6 is 22.7 Å². The number of benzene rings is 5. The zero-order valence-corrected chi connectivity index (χ0v) is 26.1. The minimum absolute atomic E-state index is 0.896. The minimum atomic E-state index is 0.896. The normalized spacial score (nSPS) is 11.5. The first-order valence-corrected chi connectivity index (χ1v) is 16.8. The first-order valence-electron chi connectivity index (χ1n) is 15.0. The van der Waals surface area contributed by atoms with Gasteiger partial charge in [-0.1, -0.05) is 78.9 Å². The van der Waals surface area contributed by atoms with Crippen molar-refractivity contribution in [1.29, 1.82) is 0 Å². The molecule has 0 atom stereocenters. The van der Waals surface area contributed by atoms with Crippen LogP contribution in [-0.4, -0.2) is 19.9 Å². The minimum Gasteiger partial charge on any atom is -0.253 e. The van der Waals surface area contributed by atoms with Crippen molar-refractivity contribution in [2.24, 2.45) is 0 Å². The highest BCUT2D eigenvalue weighted by atomic mass is 32.1. The molecule has 0 aliphatic carbocycles. The molecule has 0 radical (unpaired) electrons. The van der Waals surface area contributed by atoms with E-state index in [1.807, 2.05) is 35.5 Å². The molecule has 4 heterocycles. The Labute approximate surface area is 273 Å². The molecule has 9 rings (SSSR count). The van der Waals surface area contributed by atoms with E-state index in [4.69, 9.17) is 9.97 Å². The Hall–Kier alpha value is -5.56. The average molecular weight is 625 g/mol. The van der Waals surface area contributed by atoms with Crippen LogP contribution in [0.5, 0.6) is 0 Å². The molecule has 46 heavy (non-hydrogen) atoms. The number of pyridine rings is 2. The second kappa shape index (κ2) is 11.1. The summed E-state index contributed by atoms with van der Waals surface area (Å²) in [5.74, 6) is 0. The van der Waals surface area contributed by atoms with Gasteiger partial charge in [0.15, 0.2) is 0 Å². The van der Waals surface area contributed by atoms with E-state index >= 15 is 0 Å². The number of thiazole rings is 2. The number of aromatic nitrogens is 4. The van der Waals surface area contributed by atoms with Crippen molar-refractivity contribution in [3.8, 4) is 54.8 Å². The molecule has 4 nitrogen and oxygen atoms in total. The highest BCUT2D eigenvalue weighted by Gasteiger charge is 2.14. The van der Waals surface area contributed by atoms with E-state index in [0.29, 0.717) is 0 Å². The molecule has 216 valence electrons. The molecule has 0 fully saturated rings. The van der Waals surface area contributed by atoms with Crippen molar-refractivity contribution in [2.45, 2.75) is 0 Å². The van der Waals surface area contributed by atoms with Crippen LogP contribution < -0.4 is 0 Å². The molecular weight excluding hydrogens is 601 g/mol. The van der Waals surface area contributed by atoms with Crippen LogP contribution in [0.15, 0.2) is 145 Å². The molecule has 0 N–H and O–H groups in total. The molecule has 0 amide bonds. The Balaban J connectivity index is 1.22. The second-order valence-corrected chi connectivity index (χ2v) is 13.0. The SMILES string of the molecule is c1ccc(-c2ccc3c4cc(-c5ccc(-c6nccs6)nc5)ccc4c4ccc(-c5ccc(-c6nccs6)nc5)cc4c3c2)cc1. The topological polar surface area (TPSA) is 51.6 Å². The zero-order valence-electron chi connectivity index (χ0n) is 24.5. The number of rotatable bonds is 5. The fourth-order valence-electron chi connectivity index (χ4n) is 6.26. The van der Waals surface area contributed by atoms with Gasteiger partial charge in [-0.3, -0.25) is 9.97 Å². The van der Waals surface area contributed by atoms with E-state index in [9.17, 15) is 0 Å². The molecular formula is C40H24N4S2. The Morgan fingerprint density at radius 3 is 1.22 bits per heavy atom. The summed E-state index contributed by atoms with van der Waals surface area (Å²) < 4.78 is 0. The van der Waals surface area contributed by atoms with Crippen molar-refractivity contribution < 1.29 is 0 Å². The van der Waals surface area contributed by atoms with Gasteiger partial charge in [-0.15, -0.1) is 22.7 Å². The third-order valence-electron chi connectivity index (χ3n) is 8.53. The van der Waals surface area contributed by atoms with Crippen LogP contribution in [0, 0.1) is 0 Å². The van der Waals surface area contributed by atoms with E-state index in [-0.39, 0.29) is 0 Å². The molecule has 0 aliphatic heterocycles. The fraction of sp³-hybridized carbons (Fsp3) is 0. The van der Waals surface area contributed by atoms with Crippen molar-refractivity contribution in [2.75, 3.05) is 0 Å². The van der Waals surface area contributed by atoms with E-state index < -0.39 is 0 Å². The molecule has 4 aromatic heterocycles. The number of hydrogen-bond acceptors (Lipinski definition) is 6. The lowest BCUT2D eigenvalue weighted by Gasteiger charge is -2.15. The Kier molecular flexibility index (Phi) is 6.47. The van der Waals surface area contributed by atoms with Gasteiger partial charge >= 0.3 is 0 Å². The van der Waals surface area contributed by atoms with Gasteiger partial charge in [0.05, 0.1) is 11.4 Å². The summed E-state index contributed by atoms with van der Waals surface area (Å²) in [5.41, 5.74) is 8.64. The summed E-state index contributed by atoms with van der Waals surface area (Å²) in [6.45, 7) is 0. The summed E-state index contributed by atoms with van der Waals surface area (Å²) in [7, 11) is 0. The lowest BCUT2D eigenvalue weighted by atomic mass is 9.89. The summed E-state index contributed by atoms with van der Waals surface area (Å²) >= 11 is 3.20. The monoisotopic (exact) mass is 624 g/mol. The first kappa shape index (κ1) is 26.8. The Morgan fingerprint density at radius 2 is 0.783 bits per heavy atom. The predicted molar refractivity (Wildman–Crippen MR) is 193 cm³/mol. The Bertz CT molecular complexity index is 2490. The first-order chi connectivity index (χ1) is 22.8. The van der Waals surface area contributed by atoms with Crippen LogP contribution in [0.3, 0.4) is 0 Å². The molecule has 0 saturated carbocycles. The van der Waals surface area contributed by atoms with Crippen molar-refractivity contribution in [1.82, 2.24) is 19.9 Å². The largest absolute Gasteiger partial charge is 0.253 e. The summed E-state index contributed by atoms with van der Waals surface area (Å²) in [6, 6.07) is 39.4. The fourth-order valence-corrected chi connectivity index (χ4v) is 7.48. The van der Waals surface area contributed by atoms with Crippen LogP contribution in [-0.2, 0) is 0 Å². The second-order valence-electron chi connectivity index (χ2n) is 11.2. The maximum absolute atomic E-state index is 4.74. The standard InChI is InChI=1S/C40H24N4S2/c1-2-4-25(5-3-1)26-6-13-33-34-21-27(29-9-14-37(43-23-29)39-41-16-18-45-39)7-11-31(34)32-12-8-28(22-35(32)36(33)20-26)30-10-15-38(44-24-30)40-42-17-19-46-40/h1-24H. The molecule has 0 bridgehead atoms. The maximum atomic E-state index is 4.74. The molecule has 0 spiro atoms. The maximum Gasteiger partial charge on any atom is 0.141 e. The van der Waals surface area contributed by atoms with Gasteiger partial charge in [0.1, 0.15) is 10.0 Å². The third-order valence-corrected chi connectivity index (χ3v) is 10.1. The third kappa shape index (κ3) is 4.67. The van der Waals surface area contributed by atoms with Gasteiger partial charge in [0, 0.05) is 46.7 Å². The molecule has 6 heteroatoms. The van der Waals surface area contributed by atoms with E-state index in [1.165, 1.54) is 43.4 Å². The summed E-state index contributed by atoms with van der Waals surface area (Å²) in [5, 5.41) is 13.2. The van der Waals surface area contributed by atoms with Gasteiger partial charge in [-0.25, -0.2) is 9.97 Å². The van der Waals surface area contributed by atoms with Crippen molar-refractivity contribution in [3.05, 3.63) is 145 Å². The lowest BCUT2D eigenvalue weighted by Crippen LogP contribution is -1.89. The highest BCUT2D eigenvalue weighted by molar-refractivity contribution is 7.13. The molecule has 0 aliphatic rings. The van der Waals surface area contributed by atoms with Crippen molar-refractivity contribution in [3.63, 3.8) is 0 Å². The van der Waals surface area contributed by atoms with Gasteiger partial charge in [-0.2, -0.15) is 0 Å². The summed E-state index contributed by atoms with van der Waals surface area (Å²) in [6.07, 6.45) is 7.54. The predicted octanol–water partition coefficient (Wildman–Crippen LogP) is 11.2. The van der Waals surface area contributed by atoms with Crippen LogP contribution in [0.1, 0.15) is 0 Å². The zero-order chi connectivity index (χ0) is 30.5. The van der Waals surface area contributed by atoms with E-state index in [0.717, 1.165) is 43.7 Å². The quantitative estimate of drug-likeness (QED) is 0.179. The molecule has 0 unspecified atom stereocenters. The van der Waals surface area contributed by atoms with Gasteiger partial charge in [0.25, 0.3) is 0 Å².